The van der Waals surface area contributed by atoms with Gasteiger partial charge in [-0.25, -0.2) is 4.39 Å². The second kappa shape index (κ2) is 10.8. The zero-order valence-electron chi connectivity index (χ0n) is 18.2. The molecule has 2 aliphatic rings. The number of rotatable bonds is 7. The average molecular weight is 425 g/mol. The molecule has 30 heavy (non-hydrogen) atoms. The van der Waals surface area contributed by atoms with E-state index >= 15 is 0 Å². The summed E-state index contributed by atoms with van der Waals surface area (Å²) in [6, 6.07) is 4.62. The summed E-state index contributed by atoms with van der Waals surface area (Å²) in [4.78, 5) is 0. The summed E-state index contributed by atoms with van der Waals surface area (Å²) < 4.78 is 50.9. The van der Waals surface area contributed by atoms with Crippen LogP contribution < -0.4 is 0 Å². The van der Waals surface area contributed by atoms with Crippen LogP contribution in [0.15, 0.2) is 24.3 Å². The van der Waals surface area contributed by atoms with Crippen molar-refractivity contribution in [3.63, 3.8) is 0 Å². The molecule has 0 spiro atoms. The van der Waals surface area contributed by atoms with E-state index in [4.69, 9.17) is 0 Å². The third kappa shape index (κ3) is 7.13. The Hall–Kier alpha value is -1.32. The van der Waals surface area contributed by atoms with E-state index in [2.05, 4.69) is 6.92 Å². The van der Waals surface area contributed by atoms with Crippen molar-refractivity contribution in [3.8, 4) is 0 Å². The number of alkyl halides is 3. The Morgan fingerprint density at radius 1 is 0.867 bits per heavy atom. The Bertz CT molecular complexity index is 675. The highest BCUT2D eigenvalue weighted by atomic mass is 19.4. The molecule has 0 amide bonds. The minimum Gasteiger partial charge on any atom is -0.206 e. The van der Waals surface area contributed by atoms with Crippen LogP contribution in [0, 0.1) is 29.5 Å². The summed E-state index contributed by atoms with van der Waals surface area (Å²) in [7, 11) is 0. The van der Waals surface area contributed by atoms with Gasteiger partial charge in [-0.15, -0.1) is 0 Å². The van der Waals surface area contributed by atoms with Crippen LogP contribution in [0.2, 0.25) is 0 Å². The number of halogens is 4. The maximum absolute atomic E-state index is 14.1. The molecule has 2 aliphatic carbocycles. The average Bonchev–Trinajstić information content (AvgIpc) is 2.72. The molecule has 0 nitrogen and oxygen atoms in total. The Balaban J connectivity index is 1.41. The van der Waals surface area contributed by atoms with Gasteiger partial charge in [0, 0.05) is 11.6 Å². The molecule has 3 rings (SSSR count). The van der Waals surface area contributed by atoms with Gasteiger partial charge in [0.2, 0.25) is 0 Å². The monoisotopic (exact) mass is 424 g/mol. The summed E-state index contributed by atoms with van der Waals surface area (Å²) >= 11 is 0. The highest BCUT2D eigenvalue weighted by Gasteiger charge is 2.30. The Morgan fingerprint density at radius 3 is 1.93 bits per heavy atom. The first-order chi connectivity index (χ1) is 14.3. The van der Waals surface area contributed by atoms with Crippen LogP contribution in [0.5, 0.6) is 0 Å². The topological polar surface area (TPSA) is 0 Å². The molecule has 4 heteroatoms. The van der Waals surface area contributed by atoms with Crippen LogP contribution in [0.25, 0.3) is 6.08 Å². The molecule has 0 aromatic heterocycles. The second-order valence-corrected chi connectivity index (χ2v) is 9.62. The molecule has 2 saturated carbocycles. The molecule has 0 unspecified atom stereocenters. The van der Waals surface area contributed by atoms with Gasteiger partial charge in [0.25, 0.3) is 0 Å². The maximum atomic E-state index is 14.1. The third-order valence-electron chi connectivity index (χ3n) is 7.50. The van der Waals surface area contributed by atoms with E-state index in [0.717, 1.165) is 42.2 Å². The molecule has 0 bridgehead atoms. The molecule has 0 aliphatic heterocycles. The van der Waals surface area contributed by atoms with Crippen molar-refractivity contribution in [2.75, 3.05) is 0 Å². The minimum absolute atomic E-state index is 0.00904. The SMILES string of the molecule is CCCC1CCC(C2CCC(CCc3ccc(/C=C/C(F)(F)F)c(F)c3)CC2)CC1. The quantitative estimate of drug-likeness (QED) is 0.384. The Morgan fingerprint density at radius 2 is 1.43 bits per heavy atom. The van der Waals surface area contributed by atoms with Crippen LogP contribution in [-0.2, 0) is 6.42 Å². The van der Waals surface area contributed by atoms with E-state index in [-0.39, 0.29) is 11.6 Å². The molecular weight excluding hydrogens is 388 g/mol. The Kier molecular flexibility index (Phi) is 8.42. The van der Waals surface area contributed by atoms with E-state index in [9.17, 15) is 17.6 Å². The van der Waals surface area contributed by atoms with Crippen LogP contribution in [0.4, 0.5) is 17.6 Å². The number of aryl methyl sites for hydroxylation is 1. The number of hydrogen-bond donors (Lipinski definition) is 0. The zero-order valence-corrected chi connectivity index (χ0v) is 18.2. The van der Waals surface area contributed by atoms with Crippen molar-refractivity contribution in [2.45, 2.75) is 90.1 Å². The molecule has 0 radical (unpaired) electrons. The van der Waals surface area contributed by atoms with E-state index < -0.39 is 12.0 Å². The molecule has 1 aromatic rings. The van der Waals surface area contributed by atoms with Crippen molar-refractivity contribution >= 4 is 6.08 Å². The first-order valence-electron chi connectivity index (χ1n) is 11.9. The number of allylic oxidation sites excluding steroid dienone is 1. The lowest BCUT2D eigenvalue weighted by atomic mass is 9.68. The van der Waals surface area contributed by atoms with Crippen molar-refractivity contribution in [1.82, 2.24) is 0 Å². The van der Waals surface area contributed by atoms with Gasteiger partial charge in [-0.05, 0) is 79.9 Å². The van der Waals surface area contributed by atoms with Gasteiger partial charge in [-0.3, -0.25) is 0 Å². The van der Waals surface area contributed by atoms with E-state index in [0.29, 0.717) is 5.92 Å². The van der Waals surface area contributed by atoms with Crippen LogP contribution in [0.1, 0.15) is 88.7 Å². The molecule has 0 atom stereocenters. The van der Waals surface area contributed by atoms with Gasteiger partial charge in [0.05, 0.1) is 0 Å². The van der Waals surface area contributed by atoms with Crippen molar-refractivity contribution < 1.29 is 17.6 Å². The normalized spacial score (nSPS) is 28.2. The van der Waals surface area contributed by atoms with E-state index in [1.807, 2.05) is 0 Å². The van der Waals surface area contributed by atoms with Gasteiger partial charge in [0.1, 0.15) is 5.82 Å². The summed E-state index contributed by atoms with van der Waals surface area (Å²) in [5.74, 6) is 2.94. The Labute approximate surface area is 179 Å². The van der Waals surface area contributed by atoms with Gasteiger partial charge >= 0.3 is 6.18 Å². The highest BCUT2D eigenvalue weighted by molar-refractivity contribution is 5.51. The largest absolute Gasteiger partial charge is 0.409 e. The van der Waals surface area contributed by atoms with Crippen molar-refractivity contribution in [1.29, 1.82) is 0 Å². The van der Waals surface area contributed by atoms with Crippen molar-refractivity contribution in [2.24, 2.45) is 23.7 Å². The van der Waals surface area contributed by atoms with Gasteiger partial charge in [-0.2, -0.15) is 13.2 Å². The number of benzene rings is 1. The molecule has 0 heterocycles. The predicted octanol–water partition coefficient (Wildman–Crippen LogP) is 8.75. The molecule has 168 valence electrons. The second-order valence-electron chi connectivity index (χ2n) is 9.62. The van der Waals surface area contributed by atoms with Gasteiger partial charge in [0.15, 0.2) is 0 Å². The molecular formula is C26H36F4. The molecule has 2 fully saturated rings. The zero-order chi connectivity index (χ0) is 21.6. The fourth-order valence-corrected chi connectivity index (χ4v) is 5.72. The van der Waals surface area contributed by atoms with Gasteiger partial charge in [-0.1, -0.05) is 57.6 Å². The third-order valence-corrected chi connectivity index (χ3v) is 7.50. The smallest absolute Gasteiger partial charge is 0.206 e. The fraction of sp³-hybridized carbons (Fsp3) is 0.692. The minimum atomic E-state index is -4.42. The molecule has 0 saturated heterocycles. The highest BCUT2D eigenvalue weighted by Crippen LogP contribution is 2.43. The molecule has 1 aromatic carbocycles. The van der Waals surface area contributed by atoms with Crippen LogP contribution >= 0.6 is 0 Å². The summed E-state index contributed by atoms with van der Waals surface area (Å²) in [6.07, 6.45) is 12.0. The van der Waals surface area contributed by atoms with E-state index in [1.54, 1.807) is 6.07 Å². The standard InChI is InChI=1S/C26H36F4/c1-2-3-19-6-11-22(12-7-19)23-13-8-20(9-14-23)4-5-21-10-15-24(25(27)18-21)16-17-26(28,29)30/h10,15-20,22-23H,2-9,11-14H2,1H3/b17-16+. The van der Waals surface area contributed by atoms with Crippen LogP contribution in [-0.4, -0.2) is 6.18 Å². The predicted molar refractivity (Wildman–Crippen MR) is 116 cm³/mol. The lowest BCUT2D eigenvalue weighted by Gasteiger charge is -2.38. The lowest BCUT2D eigenvalue weighted by molar-refractivity contribution is -0.0790. The molecule has 0 N–H and O–H groups in total. The first kappa shape index (κ1) is 23.3. The summed E-state index contributed by atoms with van der Waals surface area (Å²) in [5, 5.41) is 0. The van der Waals surface area contributed by atoms with Gasteiger partial charge < -0.3 is 0 Å². The van der Waals surface area contributed by atoms with Crippen molar-refractivity contribution in [3.05, 3.63) is 41.2 Å². The summed E-state index contributed by atoms with van der Waals surface area (Å²) in [6.45, 7) is 2.29. The lowest BCUT2D eigenvalue weighted by Crippen LogP contribution is -2.26. The fourth-order valence-electron chi connectivity index (χ4n) is 5.72. The van der Waals surface area contributed by atoms with Crippen LogP contribution in [0.3, 0.4) is 0 Å². The maximum Gasteiger partial charge on any atom is 0.409 e. The number of hydrogen-bond acceptors (Lipinski definition) is 0. The summed E-state index contributed by atoms with van der Waals surface area (Å²) in [5.41, 5.74) is 0.873. The first-order valence-corrected chi connectivity index (χ1v) is 11.9. The van der Waals surface area contributed by atoms with E-state index in [1.165, 1.54) is 76.3 Å².